The lowest BCUT2D eigenvalue weighted by molar-refractivity contribution is -0.143. The van der Waals surface area contributed by atoms with Gasteiger partial charge in [-0.1, -0.05) is 12.1 Å². The Kier molecular flexibility index (Phi) is 7.95. The molecule has 0 spiro atoms. The molecular weight excluding hydrogens is 270 g/mol. The molecule has 0 unspecified atom stereocenters. The molecule has 0 aliphatic rings. The zero-order chi connectivity index (χ0) is 13.5. The Morgan fingerprint density at radius 2 is 2.05 bits per heavy atom. The molecule has 6 heteroatoms. The first-order valence-corrected chi connectivity index (χ1v) is 5.96. The Bertz CT molecular complexity index is 412. The Labute approximate surface area is 119 Å². The van der Waals surface area contributed by atoms with Crippen molar-refractivity contribution in [2.75, 3.05) is 13.2 Å². The van der Waals surface area contributed by atoms with Crippen LogP contribution in [0.5, 0.6) is 11.5 Å². The second-order valence-corrected chi connectivity index (χ2v) is 3.74. The molecule has 0 saturated heterocycles. The van der Waals surface area contributed by atoms with Crippen molar-refractivity contribution < 1.29 is 19.4 Å². The van der Waals surface area contributed by atoms with Gasteiger partial charge in [0.15, 0.2) is 11.5 Å². The van der Waals surface area contributed by atoms with E-state index >= 15 is 0 Å². The lowest BCUT2D eigenvalue weighted by Gasteiger charge is -2.15. The standard InChI is InChI=1S/C13H19NO4.ClH/c1-3-17-11-7-5-6-9(13(11)16)10(14)8-12(15)18-4-2;/h5-7,10,16H,3-4,8,14H2,1-2H3;1H/t10-;/m0./s1. The van der Waals surface area contributed by atoms with Crippen LogP contribution in [0.25, 0.3) is 0 Å². The number of hydrogen-bond donors (Lipinski definition) is 2. The number of halogens is 1. The molecule has 0 aliphatic carbocycles. The number of benzene rings is 1. The second-order valence-electron chi connectivity index (χ2n) is 3.74. The number of carbonyl (C=O) groups excluding carboxylic acids is 1. The summed E-state index contributed by atoms with van der Waals surface area (Å²) in [5.74, 6) is -0.0309. The lowest BCUT2D eigenvalue weighted by Crippen LogP contribution is -2.17. The van der Waals surface area contributed by atoms with E-state index in [1.807, 2.05) is 6.92 Å². The van der Waals surface area contributed by atoms with Crippen molar-refractivity contribution in [3.05, 3.63) is 23.8 Å². The van der Waals surface area contributed by atoms with Gasteiger partial charge in [0.25, 0.3) is 0 Å². The van der Waals surface area contributed by atoms with Crippen molar-refractivity contribution in [1.29, 1.82) is 0 Å². The van der Waals surface area contributed by atoms with E-state index in [-0.39, 0.29) is 30.5 Å². The number of carbonyl (C=O) groups is 1. The average Bonchev–Trinajstić information content (AvgIpc) is 2.32. The van der Waals surface area contributed by atoms with Crippen molar-refractivity contribution in [2.24, 2.45) is 5.73 Å². The molecule has 0 aliphatic heterocycles. The summed E-state index contributed by atoms with van der Waals surface area (Å²) < 4.78 is 10.1. The van der Waals surface area contributed by atoms with Gasteiger partial charge in [-0.3, -0.25) is 4.79 Å². The van der Waals surface area contributed by atoms with Crippen LogP contribution in [0.2, 0.25) is 0 Å². The highest BCUT2D eigenvalue weighted by molar-refractivity contribution is 5.85. The van der Waals surface area contributed by atoms with E-state index in [4.69, 9.17) is 15.2 Å². The van der Waals surface area contributed by atoms with E-state index in [9.17, 15) is 9.90 Å². The van der Waals surface area contributed by atoms with Crippen molar-refractivity contribution in [1.82, 2.24) is 0 Å². The number of esters is 1. The van der Waals surface area contributed by atoms with Crippen LogP contribution in [-0.4, -0.2) is 24.3 Å². The van der Waals surface area contributed by atoms with Crippen LogP contribution in [0.1, 0.15) is 31.9 Å². The van der Waals surface area contributed by atoms with Gasteiger partial charge in [0.2, 0.25) is 0 Å². The van der Waals surface area contributed by atoms with Gasteiger partial charge >= 0.3 is 5.97 Å². The molecule has 3 N–H and O–H groups in total. The van der Waals surface area contributed by atoms with Crippen LogP contribution in [0.15, 0.2) is 18.2 Å². The van der Waals surface area contributed by atoms with E-state index in [0.29, 0.717) is 24.5 Å². The van der Waals surface area contributed by atoms with Crippen LogP contribution >= 0.6 is 12.4 Å². The Balaban J connectivity index is 0.00000324. The molecule has 1 rings (SSSR count). The maximum Gasteiger partial charge on any atom is 0.307 e. The summed E-state index contributed by atoms with van der Waals surface area (Å²) in [7, 11) is 0. The summed E-state index contributed by atoms with van der Waals surface area (Å²) >= 11 is 0. The summed E-state index contributed by atoms with van der Waals surface area (Å²) in [5, 5.41) is 9.98. The van der Waals surface area contributed by atoms with Crippen molar-refractivity contribution in [3.63, 3.8) is 0 Å². The zero-order valence-corrected chi connectivity index (χ0v) is 11.9. The third kappa shape index (κ3) is 4.96. The SMILES string of the molecule is CCOC(=O)C[C@H](N)c1cccc(OCC)c1O.Cl. The smallest absolute Gasteiger partial charge is 0.307 e. The number of rotatable bonds is 6. The normalized spacial score (nSPS) is 11.3. The van der Waals surface area contributed by atoms with Crippen LogP contribution in [0, 0.1) is 0 Å². The van der Waals surface area contributed by atoms with Gasteiger partial charge in [-0.05, 0) is 19.9 Å². The second kappa shape index (κ2) is 8.61. The number of hydrogen-bond acceptors (Lipinski definition) is 5. The summed E-state index contributed by atoms with van der Waals surface area (Å²) in [6, 6.07) is 4.44. The predicted molar refractivity (Wildman–Crippen MR) is 74.7 cm³/mol. The van der Waals surface area contributed by atoms with E-state index in [1.54, 1.807) is 25.1 Å². The fourth-order valence-corrected chi connectivity index (χ4v) is 1.62. The highest BCUT2D eigenvalue weighted by Crippen LogP contribution is 2.33. The maximum atomic E-state index is 11.3. The quantitative estimate of drug-likeness (QED) is 0.784. The van der Waals surface area contributed by atoms with Crippen LogP contribution in [0.3, 0.4) is 0 Å². The molecule has 0 radical (unpaired) electrons. The highest BCUT2D eigenvalue weighted by Gasteiger charge is 2.18. The molecule has 0 heterocycles. The highest BCUT2D eigenvalue weighted by atomic mass is 35.5. The van der Waals surface area contributed by atoms with Gasteiger partial charge in [0.05, 0.1) is 19.6 Å². The number of para-hydroxylation sites is 1. The summed E-state index contributed by atoms with van der Waals surface area (Å²) in [6.07, 6.45) is 0.0248. The van der Waals surface area contributed by atoms with Gasteiger partial charge < -0.3 is 20.3 Å². The lowest BCUT2D eigenvalue weighted by atomic mass is 10.0. The first-order valence-electron chi connectivity index (χ1n) is 5.96. The number of phenolic OH excluding ortho intramolecular Hbond substituents is 1. The molecule has 0 aromatic heterocycles. The Hall–Kier alpha value is -1.46. The fraction of sp³-hybridized carbons (Fsp3) is 0.462. The summed E-state index contributed by atoms with van der Waals surface area (Å²) in [4.78, 5) is 11.3. The Morgan fingerprint density at radius 3 is 2.63 bits per heavy atom. The minimum atomic E-state index is -0.607. The van der Waals surface area contributed by atoms with Gasteiger partial charge in [0, 0.05) is 11.6 Å². The third-order valence-electron chi connectivity index (χ3n) is 2.42. The minimum Gasteiger partial charge on any atom is -0.504 e. The topological polar surface area (TPSA) is 81.8 Å². The maximum absolute atomic E-state index is 11.3. The number of phenols is 1. The first kappa shape index (κ1) is 17.5. The molecular formula is C13H20ClNO4. The minimum absolute atomic E-state index is 0. The van der Waals surface area contributed by atoms with Crippen molar-refractivity contribution >= 4 is 18.4 Å². The van der Waals surface area contributed by atoms with E-state index in [0.717, 1.165) is 0 Å². The van der Waals surface area contributed by atoms with Crippen LogP contribution in [0.4, 0.5) is 0 Å². The van der Waals surface area contributed by atoms with Crippen LogP contribution < -0.4 is 10.5 Å². The Morgan fingerprint density at radius 1 is 1.37 bits per heavy atom. The predicted octanol–water partition coefficient (Wildman–Crippen LogP) is 2.17. The van der Waals surface area contributed by atoms with Crippen molar-refractivity contribution in [2.45, 2.75) is 26.3 Å². The average molecular weight is 290 g/mol. The van der Waals surface area contributed by atoms with Gasteiger partial charge in [0.1, 0.15) is 0 Å². The molecule has 1 aromatic rings. The molecule has 5 nitrogen and oxygen atoms in total. The van der Waals surface area contributed by atoms with Gasteiger partial charge in [-0.15, -0.1) is 12.4 Å². The monoisotopic (exact) mass is 289 g/mol. The first-order chi connectivity index (χ1) is 8.60. The van der Waals surface area contributed by atoms with E-state index in [1.165, 1.54) is 0 Å². The molecule has 19 heavy (non-hydrogen) atoms. The van der Waals surface area contributed by atoms with E-state index in [2.05, 4.69) is 0 Å². The molecule has 1 aromatic carbocycles. The molecule has 1 atom stereocenters. The number of aromatic hydroxyl groups is 1. The molecule has 0 saturated carbocycles. The molecule has 0 bridgehead atoms. The number of nitrogens with two attached hydrogens (primary N) is 1. The largest absolute Gasteiger partial charge is 0.504 e. The summed E-state index contributed by atoms with van der Waals surface area (Å²) in [5.41, 5.74) is 6.36. The van der Waals surface area contributed by atoms with Crippen LogP contribution in [-0.2, 0) is 9.53 Å². The van der Waals surface area contributed by atoms with Gasteiger partial charge in [-0.2, -0.15) is 0 Å². The van der Waals surface area contributed by atoms with Crippen molar-refractivity contribution in [3.8, 4) is 11.5 Å². The zero-order valence-electron chi connectivity index (χ0n) is 11.1. The molecule has 0 amide bonds. The van der Waals surface area contributed by atoms with E-state index < -0.39 is 6.04 Å². The fourth-order valence-electron chi connectivity index (χ4n) is 1.62. The van der Waals surface area contributed by atoms with Gasteiger partial charge in [-0.25, -0.2) is 0 Å². The summed E-state index contributed by atoms with van der Waals surface area (Å²) in [6.45, 7) is 4.32. The number of ether oxygens (including phenoxy) is 2. The molecule has 108 valence electrons. The molecule has 0 fully saturated rings. The third-order valence-corrected chi connectivity index (χ3v) is 2.42.